The number of ether oxygens (including phenoxy) is 1. The van der Waals surface area contributed by atoms with E-state index in [0.717, 1.165) is 18.4 Å². The fourth-order valence-corrected chi connectivity index (χ4v) is 4.54. The number of fused-ring (bicyclic) bond motifs is 1. The van der Waals surface area contributed by atoms with Crippen LogP contribution in [0.1, 0.15) is 24.1 Å². The Hall–Kier alpha value is -3.74. The van der Waals surface area contributed by atoms with Crippen molar-refractivity contribution in [2.24, 2.45) is 5.73 Å². The van der Waals surface area contributed by atoms with Crippen molar-refractivity contribution in [2.45, 2.75) is 18.4 Å². The van der Waals surface area contributed by atoms with Crippen molar-refractivity contribution in [2.75, 3.05) is 25.1 Å². The lowest BCUT2D eigenvalue weighted by Gasteiger charge is -2.39. The summed E-state index contributed by atoms with van der Waals surface area (Å²) >= 11 is 6.45. The molecule has 1 aliphatic heterocycles. The van der Waals surface area contributed by atoms with Crippen LogP contribution in [0.3, 0.4) is 0 Å². The number of hydrogen-bond donors (Lipinski definition) is 2. The molecule has 0 amide bonds. The van der Waals surface area contributed by atoms with Crippen molar-refractivity contribution in [1.82, 2.24) is 25.1 Å². The summed E-state index contributed by atoms with van der Waals surface area (Å²) in [4.78, 5) is 15.3. The quantitative estimate of drug-likeness (QED) is 0.474. The van der Waals surface area contributed by atoms with Gasteiger partial charge in [0.15, 0.2) is 11.3 Å². The van der Waals surface area contributed by atoms with Crippen molar-refractivity contribution in [3.63, 3.8) is 0 Å². The molecule has 4 heterocycles. The molecule has 0 saturated carbocycles. The number of methoxy groups -OCH3 is 1. The third kappa shape index (κ3) is 3.63. The Bertz CT molecular complexity index is 1360. The first kappa shape index (κ1) is 21.1. The van der Waals surface area contributed by atoms with Crippen LogP contribution in [0.15, 0.2) is 42.6 Å². The van der Waals surface area contributed by atoms with Gasteiger partial charge in [0.05, 0.1) is 18.2 Å². The summed E-state index contributed by atoms with van der Waals surface area (Å²) in [5, 5.41) is 18.0. The lowest BCUT2D eigenvalue weighted by molar-refractivity contribution is 0.340. The highest BCUT2D eigenvalue weighted by Gasteiger charge is 2.33. The Morgan fingerprint density at radius 1 is 1.18 bits per heavy atom. The SMILES string of the molecule is COc1nccc(-c2[nH]nc3nc(N4CCC(N)(c5ccccc5)CC4)nc(C#N)c23)c1Cl. The van der Waals surface area contributed by atoms with E-state index < -0.39 is 5.54 Å². The molecule has 3 N–H and O–H groups in total. The molecule has 1 aromatic carbocycles. The van der Waals surface area contributed by atoms with Gasteiger partial charge in [-0.2, -0.15) is 15.3 Å². The third-order valence-corrected chi connectivity index (χ3v) is 6.48. The lowest BCUT2D eigenvalue weighted by Crippen LogP contribution is -2.48. The molecule has 0 aliphatic carbocycles. The molecule has 9 nitrogen and oxygen atoms in total. The van der Waals surface area contributed by atoms with Gasteiger partial charge in [0.25, 0.3) is 0 Å². The number of rotatable bonds is 4. The monoisotopic (exact) mass is 460 g/mol. The van der Waals surface area contributed by atoms with Gasteiger partial charge in [-0.05, 0) is 24.5 Å². The van der Waals surface area contributed by atoms with Crippen LogP contribution in [0, 0.1) is 11.3 Å². The van der Waals surface area contributed by atoms with E-state index in [1.54, 1.807) is 12.3 Å². The molecular formula is C23H21ClN8O. The number of nitrogens with one attached hydrogen (secondary N) is 1. The van der Waals surface area contributed by atoms with Crippen LogP contribution in [-0.4, -0.2) is 45.3 Å². The van der Waals surface area contributed by atoms with Gasteiger partial charge in [-0.3, -0.25) is 5.10 Å². The number of aromatic amines is 1. The van der Waals surface area contributed by atoms with Crippen molar-refractivity contribution in [3.05, 3.63) is 58.9 Å². The molecule has 166 valence electrons. The van der Waals surface area contributed by atoms with E-state index in [0.29, 0.717) is 46.4 Å². The summed E-state index contributed by atoms with van der Waals surface area (Å²) in [6.45, 7) is 1.35. The van der Waals surface area contributed by atoms with E-state index >= 15 is 0 Å². The molecular weight excluding hydrogens is 440 g/mol. The second kappa shape index (κ2) is 8.31. The number of nitrogens with two attached hydrogens (primary N) is 1. The number of nitriles is 1. The zero-order valence-corrected chi connectivity index (χ0v) is 18.7. The number of hydrogen-bond acceptors (Lipinski definition) is 8. The molecule has 0 spiro atoms. The molecule has 1 fully saturated rings. The van der Waals surface area contributed by atoms with E-state index in [9.17, 15) is 5.26 Å². The van der Waals surface area contributed by atoms with E-state index in [2.05, 4.69) is 43.4 Å². The third-order valence-electron chi connectivity index (χ3n) is 6.11. The highest BCUT2D eigenvalue weighted by atomic mass is 35.5. The summed E-state index contributed by atoms with van der Waals surface area (Å²) < 4.78 is 5.21. The molecule has 10 heteroatoms. The number of piperidine rings is 1. The minimum absolute atomic E-state index is 0.221. The topological polar surface area (TPSA) is 130 Å². The van der Waals surface area contributed by atoms with Crippen molar-refractivity contribution >= 4 is 28.6 Å². The van der Waals surface area contributed by atoms with Crippen LogP contribution in [0.4, 0.5) is 5.95 Å². The van der Waals surface area contributed by atoms with Crippen molar-refractivity contribution in [3.8, 4) is 23.2 Å². The molecule has 1 saturated heterocycles. The molecule has 3 aromatic heterocycles. The fourth-order valence-electron chi connectivity index (χ4n) is 4.25. The number of aromatic nitrogens is 5. The Morgan fingerprint density at radius 2 is 1.94 bits per heavy atom. The largest absolute Gasteiger partial charge is 0.480 e. The van der Waals surface area contributed by atoms with Crippen LogP contribution in [0.5, 0.6) is 5.88 Å². The summed E-state index contributed by atoms with van der Waals surface area (Å²) in [5.74, 6) is 0.746. The average Bonchev–Trinajstić information content (AvgIpc) is 3.28. The number of anilines is 1. The van der Waals surface area contributed by atoms with Crippen LogP contribution < -0.4 is 15.4 Å². The zero-order chi connectivity index (χ0) is 23.0. The number of benzene rings is 1. The van der Waals surface area contributed by atoms with E-state index in [4.69, 9.17) is 22.1 Å². The van der Waals surface area contributed by atoms with Crippen LogP contribution >= 0.6 is 11.6 Å². The van der Waals surface area contributed by atoms with E-state index in [1.807, 2.05) is 23.1 Å². The highest BCUT2D eigenvalue weighted by molar-refractivity contribution is 6.34. The van der Waals surface area contributed by atoms with Crippen molar-refractivity contribution < 1.29 is 4.74 Å². The summed E-state index contributed by atoms with van der Waals surface area (Å²) in [5.41, 5.74) is 9.20. The van der Waals surface area contributed by atoms with Crippen molar-refractivity contribution in [1.29, 1.82) is 5.26 Å². The van der Waals surface area contributed by atoms with Gasteiger partial charge in [0, 0.05) is 30.4 Å². The average molecular weight is 461 g/mol. The first-order chi connectivity index (χ1) is 16.0. The fraction of sp³-hybridized carbons (Fsp3) is 0.261. The highest BCUT2D eigenvalue weighted by Crippen LogP contribution is 2.37. The summed E-state index contributed by atoms with van der Waals surface area (Å²) in [6, 6.07) is 14.0. The zero-order valence-electron chi connectivity index (χ0n) is 17.9. The van der Waals surface area contributed by atoms with Crippen LogP contribution in [-0.2, 0) is 5.54 Å². The van der Waals surface area contributed by atoms with Gasteiger partial charge < -0.3 is 15.4 Å². The predicted octanol–water partition coefficient (Wildman–Crippen LogP) is 3.40. The smallest absolute Gasteiger partial charge is 0.232 e. The summed E-state index contributed by atoms with van der Waals surface area (Å²) in [6.07, 6.45) is 3.07. The molecule has 4 aromatic rings. The maximum absolute atomic E-state index is 9.86. The molecule has 0 bridgehead atoms. The Morgan fingerprint density at radius 3 is 2.64 bits per heavy atom. The predicted molar refractivity (Wildman–Crippen MR) is 125 cm³/mol. The van der Waals surface area contributed by atoms with Gasteiger partial charge in [0.2, 0.25) is 11.8 Å². The maximum atomic E-state index is 9.86. The molecule has 0 radical (unpaired) electrons. The first-order valence-electron chi connectivity index (χ1n) is 10.5. The van der Waals surface area contributed by atoms with Gasteiger partial charge in [-0.25, -0.2) is 9.97 Å². The van der Waals surface area contributed by atoms with Crippen LogP contribution in [0.25, 0.3) is 22.3 Å². The first-order valence-corrected chi connectivity index (χ1v) is 10.9. The molecule has 33 heavy (non-hydrogen) atoms. The number of halogens is 1. The van der Waals surface area contributed by atoms with Gasteiger partial charge in [-0.15, -0.1) is 0 Å². The van der Waals surface area contributed by atoms with Gasteiger partial charge in [-0.1, -0.05) is 41.9 Å². The molecule has 1 aliphatic rings. The Labute approximate surface area is 195 Å². The van der Waals surface area contributed by atoms with Gasteiger partial charge >= 0.3 is 0 Å². The second-order valence-corrected chi connectivity index (χ2v) is 8.35. The lowest BCUT2D eigenvalue weighted by atomic mass is 9.82. The standard InChI is InChI=1S/C23H21ClN8O/c1-33-21-18(24)15(7-10-27-21)19-17-16(13-25)28-22(29-20(17)31-30-19)32-11-8-23(26,9-12-32)14-5-3-2-4-6-14/h2-7,10H,8-9,11-12,26H2,1H3,(H,28,29,30,31). The minimum Gasteiger partial charge on any atom is -0.480 e. The van der Waals surface area contributed by atoms with E-state index in [1.165, 1.54) is 7.11 Å². The minimum atomic E-state index is -0.392. The second-order valence-electron chi connectivity index (χ2n) is 7.97. The number of nitrogens with zero attached hydrogens (tertiary/aromatic N) is 6. The normalized spacial score (nSPS) is 15.4. The molecule has 5 rings (SSSR count). The Kier molecular flexibility index (Phi) is 5.32. The Balaban J connectivity index is 1.48. The number of H-pyrrole nitrogens is 1. The summed E-state index contributed by atoms with van der Waals surface area (Å²) in [7, 11) is 1.49. The molecule has 0 unspecified atom stereocenters. The van der Waals surface area contributed by atoms with E-state index in [-0.39, 0.29) is 11.6 Å². The maximum Gasteiger partial charge on any atom is 0.232 e. The van der Waals surface area contributed by atoms with Crippen LogP contribution in [0.2, 0.25) is 5.02 Å². The molecule has 0 atom stereocenters. The van der Waals surface area contributed by atoms with Gasteiger partial charge in [0.1, 0.15) is 11.1 Å². The number of pyridine rings is 1.